The number of nitrogens with zero attached hydrogens (tertiary/aromatic N) is 3. The summed E-state index contributed by atoms with van der Waals surface area (Å²) in [6.07, 6.45) is 1.54. The lowest BCUT2D eigenvalue weighted by molar-refractivity contribution is 0.774. The molecule has 2 N–H and O–H groups in total. The fraction of sp³-hybridized carbons (Fsp3) is 0.200. The van der Waals surface area contributed by atoms with Crippen molar-refractivity contribution in [2.24, 2.45) is 7.05 Å². The molecule has 0 radical (unpaired) electrons. The van der Waals surface area contributed by atoms with E-state index in [-0.39, 0.29) is 0 Å². The molecule has 0 amide bonds. The molecular weight excluding hydrogens is 176 g/mol. The largest absolute Gasteiger partial charge is 0.398 e. The second kappa shape index (κ2) is 3.14. The maximum Gasteiger partial charge on any atom is 0.158 e. The molecule has 0 fully saturated rings. The molecule has 1 heterocycles. The van der Waals surface area contributed by atoms with E-state index in [2.05, 4.69) is 10.1 Å². The second-order valence-corrected chi connectivity index (χ2v) is 3.23. The fourth-order valence-electron chi connectivity index (χ4n) is 1.44. The first kappa shape index (κ1) is 8.74. The van der Waals surface area contributed by atoms with Crippen molar-refractivity contribution < 1.29 is 0 Å². The molecule has 0 spiro atoms. The smallest absolute Gasteiger partial charge is 0.158 e. The van der Waals surface area contributed by atoms with Crippen LogP contribution >= 0.6 is 0 Å². The molecular formula is C10H12N4. The van der Waals surface area contributed by atoms with Gasteiger partial charge in [0.15, 0.2) is 5.82 Å². The van der Waals surface area contributed by atoms with Crippen molar-refractivity contribution in [3.63, 3.8) is 0 Å². The highest BCUT2D eigenvalue weighted by atomic mass is 15.3. The molecule has 0 aliphatic rings. The molecule has 0 saturated carbocycles. The molecule has 2 rings (SSSR count). The molecule has 4 nitrogen and oxygen atoms in total. The molecule has 4 heteroatoms. The van der Waals surface area contributed by atoms with Gasteiger partial charge in [-0.1, -0.05) is 12.1 Å². The van der Waals surface area contributed by atoms with Gasteiger partial charge in [0.05, 0.1) is 0 Å². The van der Waals surface area contributed by atoms with Gasteiger partial charge >= 0.3 is 0 Å². The van der Waals surface area contributed by atoms with Crippen molar-refractivity contribution in [3.8, 4) is 11.4 Å². The SMILES string of the molecule is Cc1c(N)cccc1-c1ncnn1C. The Bertz CT molecular complexity index is 459. The number of hydrogen-bond acceptors (Lipinski definition) is 3. The third kappa shape index (κ3) is 1.25. The molecule has 0 atom stereocenters. The molecule has 1 aromatic carbocycles. The zero-order valence-electron chi connectivity index (χ0n) is 8.23. The van der Waals surface area contributed by atoms with Crippen LogP contribution < -0.4 is 5.73 Å². The summed E-state index contributed by atoms with van der Waals surface area (Å²) in [5.74, 6) is 0.842. The van der Waals surface area contributed by atoms with Crippen molar-refractivity contribution in [1.82, 2.24) is 14.8 Å². The normalized spacial score (nSPS) is 10.4. The van der Waals surface area contributed by atoms with E-state index >= 15 is 0 Å². The van der Waals surface area contributed by atoms with E-state index in [0.29, 0.717) is 0 Å². The number of benzene rings is 1. The van der Waals surface area contributed by atoms with E-state index in [9.17, 15) is 0 Å². The van der Waals surface area contributed by atoms with E-state index in [4.69, 9.17) is 5.73 Å². The highest BCUT2D eigenvalue weighted by Crippen LogP contribution is 2.24. The van der Waals surface area contributed by atoms with Crippen molar-refractivity contribution in [2.75, 3.05) is 5.73 Å². The number of anilines is 1. The molecule has 2 aromatic rings. The van der Waals surface area contributed by atoms with Gasteiger partial charge < -0.3 is 5.73 Å². The third-order valence-electron chi connectivity index (χ3n) is 2.33. The van der Waals surface area contributed by atoms with Gasteiger partial charge in [-0.2, -0.15) is 5.10 Å². The van der Waals surface area contributed by atoms with Crippen LogP contribution in [-0.4, -0.2) is 14.8 Å². The lowest BCUT2D eigenvalue weighted by atomic mass is 10.1. The summed E-state index contributed by atoms with van der Waals surface area (Å²) in [4.78, 5) is 4.18. The van der Waals surface area contributed by atoms with Crippen LogP contribution in [0.2, 0.25) is 0 Å². The van der Waals surface area contributed by atoms with Gasteiger partial charge in [0, 0.05) is 18.3 Å². The van der Waals surface area contributed by atoms with Crippen LogP contribution in [0, 0.1) is 6.92 Å². The zero-order chi connectivity index (χ0) is 10.1. The summed E-state index contributed by atoms with van der Waals surface area (Å²) in [7, 11) is 1.87. The summed E-state index contributed by atoms with van der Waals surface area (Å²) in [5.41, 5.74) is 8.68. The van der Waals surface area contributed by atoms with Crippen molar-refractivity contribution >= 4 is 5.69 Å². The minimum absolute atomic E-state index is 0.783. The first-order valence-electron chi connectivity index (χ1n) is 4.39. The highest BCUT2D eigenvalue weighted by molar-refractivity contribution is 5.67. The molecule has 72 valence electrons. The zero-order valence-corrected chi connectivity index (χ0v) is 8.23. The molecule has 0 bridgehead atoms. The summed E-state index contributed by atoms with van der Waals surface area (Å²) in [5, 5.41) is 4.03. The van der Waals surface area contributed by atoms with Gasteiger partial charge in [0.25, 0.3) is 0 Å². The van der Waals surface area contributed by atoms with Gasteiger partial charge in [-0.15, -0.1) is 0 Å². The van der Waals surface area contributed by atoms with Crippen LogP contribution in [0.15, 0.2) is 24.5 Å². The van der Waals surface area contributed by atoms with Gasteiger partial charge in [-0.05, 0) is 18.6 Å². The second-order valence-electron chi connectivity index (χ2n) is 3.23. The van der Waals surface area contributed by atoms with E-state index in [0.717, 1.165) is 22.6 Å². The van der Waals surface area contributed by atoms with E-state index in [1.165, 1.54) is 6.33 Å². The maximum absolute atomic E-state index is 5.82. The highest BCUT2D eigenvalue weighted by Gasteiger charge is 2.08. The van der Waals surface area contributed by atoms with Crippen LogP contribution in [0.4, 0.5) is 5.69 Å². The summed E-state index contributed by atoms with van der Waals surface area (Å²) in [6.45, 7) is 1.99. The summed E-state index contributed by atoms with van der Waals surface area (Å²) < 4.78 is 1.74. The van der Waals surface area contributed by atoms with Crippen LogP contribution in [-0.2, 0) is 7.05 Å². The maximum atomic E-state index is 5.82. The third-order valence-corrected chi connectivity index (χ3v) is 2.33. The predicted octanol–water partition coefficient (Wildman–Crippen LogP) is 1.37. The standard InChI is InChI=1S/C10H12N4/c1-7-8(4-3-5-9(7)11)10-12-6-13-14(10)2/h3-6H,11H2,1-2H3. The van der Waals surface area contributed by atoms with E-state index in [1.54, 1.807) is 4.68 Å². The van der Waals surface area contributed by atoms with E-state index in [1.807, 2.05) is 32.2 Å². The van der Waals surface area contributed by atoms with Gasteiger partial charge in [-0.3, -0.25) is 0 Å². The minimum Gasteiger partial charge on any atom is -0.398 e. The lowest BCUT2D eigenvalue weighted by Crippen LogP contribution is -1.98. The first-order valence-corrected chi connectivity index (χ1v) is 4.39. The fourth-order valence-corrected chi connectivity index (χ4v) is 1.44. The van der Waals surface area contributed by atoms with Gasteiger partial charge in [0.2, 0.25) is 0 Å². The number of aromatic nitrogens is 3. The Balaban J connectivity index is 2.63. The molecule has 0 saturated heterocycles. The monoisotopic (exact) mass is 188 g/mol. The number of nitrogens with two attached hydrogens (primary N) is 1. The van der Waals surface area contributed by atoms with Crippen molar-refractivity contribution in [2.45, 2.75) is 6.92 Å². The Morgan fingerprint density at radius 2 is 2.14 bits per heavy atom. The Hall–Kier alpha value is -1.84. The predicted molar refractivity (Wildman–Crippen MR) is 55.6 cm³/mol. The minimum atomic E-state index is 0.783. The summed E-state index contributed by atoms with van der Waals surface area (Å²) in [6, 6.07) is 5.80. The molecule has 14 heavy (non-hydrogen) atoms. The average Bonchev–Trinajstić information content (AvgIpc) is 2.57. The quantitative estimate of drug-likeness (QED) is 0.688. The average molecular weight is 188 g/mol. The van der Waals surface area contributed by atoms with Gasteiger partial charge in [-0.25, -0.2) is 9.67 Å². The number of rotatable bonds is 1. The Kier molecular flexibility index (Phi) is 1.96. The van der Waals surface area contributed by atoms with E-state index < -0.39 is 0 Å². The van der Waals surface area contributed by atoms with Crippen molar-refractivity contribution in [3.05, 3.63) is 30.1 Å². The topological polar surface area (TPSA) is 56.7 Å². The van der Waals surface area contributed by atoms with Gasteiger partial charge in [0.1, 0.15) is 6.33 Å². The molecule has 0 unspecified atom stereocenters. The van der Waals surface area contributed by atoms with Crippen LogP contribution in [0.5, 0.6) is 0 Å². The number of nitrogen functional groups attached to an aromatic ring is 1. The Morgan fingerprint density at radius 3 is 2.79 bits per heavy atom. The first-order chi connectivity index (χ1) is 6.70. The van der Waals surface area contributed by atoms with Crippen molar-refractivity contribution in [1.29, 1.82) is 0 Å². The van der Waals surface area contributed by atoms with Crippen LogP contribution in [0.3, 0.4) is 0 Å². The number of hydrogen-bond donors (Lipinski definition) is 1. The Labute approximate surface area is 82.4 Å². The Morgan fingerprint density at radius 1 is 1.36 bits per heavy atom. The molecule has 0 aliphatic heterocycles. The molecule has 1 aromatic heterocycles. The number of aryl methyl sites for hydroxylation is 1. The van der Waals surface area contributed by atoms with Crippen LogP contribution in [0.1, 0.15) is 5.56 Å². The summed E-state index contributed by atoms with van der Waals surface area (Å²) >= 11 is 0. The van der Waals surface area contributed by atoms with Crippen LogP contribution in [0.25, 0.3) is 11.4 Å². The molecule has 0 aliphatic carbocycles. The lowest BCUT2D eigenvalue weighted by Gasteiger charge is -2.06.